The van der Waals surface area contributed by atoms with Gasteiger partial charge in [0.15, 0.2) is 0 Å². The Morgan fingerprint density at radius 1 is 0.952 bits per heavy atom. The Bertz CT molecular complexity index is 1040. The summed E-state index contributed by atoms with van der Waals surface area (Å²) in [6.45, 7) is 0. The lowest BCUT2D eigenvalue weighted by molar-refractivity contribution is 0.415. The lowest BCUT2D eigenvalue weighted by Gasteiger charge is -2.05. The van der Waals surface area contributed by atoms with E-state index in [2.05, 4.69) is 6.07 Å². The molecule has 3 nitrogen and oxygen atoms in total. The third kappa shape index (κ3) is 1.60. The van der Waals surface area contributed by atoms with Gasteiger partial charge in [0.25, 0.3) is 0 Å². The fourth-order valence-electron chi connectivity index (χ4n) is 2.84. The summed E-state index contributed by atoms with van der Waals surface area (Å²) in [5, 5.41) is 13.4. The summed E-state index contributed by atoms with van der Waals surface area (Å²) in [6, 6.07) is 17.8. The highest BCUT2D eigenvalue weighted by molar-refractivity contribution is 6.20. The number of hydrogen-bond donors (Lipinski definition) is 0. The lowest BCUT2D eigenvalue weighted by atomic mass is 9.99. The standard InChI is InChI=1S/C18H11NO2/c1-20-12-6-7-13-15(9-12)11(10-19)8-17-18(13)14-4-2-3-5-16(14)21-17/h2-9H,1H3. The minimum absolute atomic E-state index is 0.593. The van der Waals surface area contributed by atoms with Gasteiger partial charge in [0.1, 0.15) is 16.9 Å². The molecule has 0 fully saturated rings. The van der Waals surface area contributed by atoms with E-state index in [0.717, 1.165) is 38.5 Å². The fourth-order valence-corrected chi connectivity index (χ4v) is 2.84. The van der Waals surface area contributed by atoms with Crippen LogP contribution in [0.4, 0.5) is 0 Å². The van der Waals surface area contributed by atoms with Gasteiger partial charge in [0.2, 0.25) is 0 Å². The molecule has 3 aromatic carbocycles. The van der Waals surface area contributed by atoms with Crippen LogP contribution in [0.3, 0.4) is 0 Å². The number of nitriles is 1. The number of methoxy groups -OCH3 is 1. The van der Waals surface area contributed by atoms with Crippen LogP contribution < -0.4 is 4.74 Å². The number of hydrogen-bond acceptors (Lipinski definition) is 3. The SMILES string of the molecule is COc1ccc2c(c1)c(C#N)cc1oc3ccccc3c12. The van der Waals surface area contributed by atoms with Crippen LogP contribution >= 0.6 is 0 Å². The highest BCUT2D eigenvalue weighted by Gasteiger charge is 2.13. The Balaban J connectivity index is 2.28. The third-order valence-electron chi connectivity index (χ3n) is 3.80. The first-order valence-electron chi connectivity index (χ1n) is 6.64. The van der Waals surface area contributed by atoms with Crippen LogP contribution in [-0.2, 0) is 0 Å². The lowest BCUT2D eigenvalue weighted by Crippen LogP contribution is -1.85. The number of nitrogens with zero attached hydrogens (tertiary/aromatic N) is 1. The molecule has 0 amide bonds. The van der Waals surface area contributed by atoms with Crippen molar-refractivity contribution in [3.63, 3.8) is 0 Å². The van der Waals surface area contributed by atoms with E-state index in [9.17, 15) is 5.26 Å². The molecule has 0 radical (unpaired) electrons. The quantitative estimate of drug-likeness (QED) is 0.508. The Kier molecular flexibility index (Phi) is 2.39. The van der Waals surface area contributed by atoms with E-state index in [4.69, 9.17) is 9.15 Å². The van der Waals surface area contributed by atoms with Gasteiger partial charge in [-0.2, -0.15) is 5.26 Å². The molecule has 0 aliphatic carbocycles. The molecular formula is C18H11NO2. The Morgan fingerprint density at radius 2 is 1.81 bits per heavy atom. The molecule has 0 N–H and O–H groups in total. The van der Waals surface area contributed by atoms with Crippen molar-refractivity contribution in [2.75, 3.05) is 7.11 Å². The normalized spacial score (nSPS) is 11.0. The van der Waals surface area contributed by atoms with E-state index in [0.29, 0.717) is 5.56 Å². The minimum atomic E-state index is 0.593. The molecule has 1 heterocycles. The Hall–Kier alpha value is -2.99. The maximum absolute atomic E-state index is 9.40. The van der Waals surface area contributed by atoms with E-state index in [-0.39, 0.29) is 0 Å². The van der Waals surface area contributed by atoms with E-state index in [1.54, 1.807) is 13.2 Å². The van der Waals surface area contributed by atoms with Gasteiger partial charge in [-0.15, -0.1) is 0 Å². The van der Waals surface area contributed by atoms with Gasteiger partial charge < -0.3 is 9.15 Å². The zero-order chi connectivity index (χ0) is 14.4. The Morgan fingerprint density at radius 3 is 2.62 bits per heavy atom. The Labute approximate surface area is 121 Å². The van der Waals surface area contributed by atoms with Gasteiger partial charge in [-0.1, -0.05) is 18.2 Å². The molecular weight excluding hydrogens is 262 g/mol. The molecule has 4 aromatic rings. The maximum Gasteiger partial charge on any atom is 0.137 e. The summed E-state index contributed by atoms with van der Waals surface area (Å²) in [5.41, 5.74) is 2.17. The smallest absolute Gasteiger partial charge is 0.137 e. The first-order chi connectivity index (χ1) is 10.3. The van der Waals surface area contributed by atoms with Crippen molar-refractivity contribution in [1.29, 1.82) is 5.26 Å². The van der Waals surface area contributed by atoms with Crippen LogP contribution in [0.15, 0.2) is 52.9 Å². The molecule has 1 aromatic heterocycles. The highest BCUT2D eigenvalue weighted by atomic mass is 16.5. The van der Waals surface area contributed by atoms with Gasteiger partial charge in [-0.25, -0.2) is 0 Å². The van der Waals surface area contributed by atoms with Crippen LogP contribution in [0.25, 0.3) is 32.7 Å². The number of para-hydroxylation sites is 1. The zero-order valence-electron chi connectivity index (χ0n) is 11.4. The van der Waals surface area contributed by atoms with Crippen molar-refractivity contribution < 1.29 is 9.15 Å². The summed E-state index contributed by atoms with van der Waals surface area (Å²) in [6.07, 6.45) is 0. The number of fused-ring (bicyclic) bond motifs is 5. The monoisotopic (exact) mass is 273 g/mol. The predicted molar refractivity (Wildman–Crippen MR) is 82.5 cm³/mol. The summed E-state index contributed by atoms with van der Waals surface area (Å²) in [5.74, 6) is 0.742. The number of furan rings is 1. The van der Waals surface area contributed by atoms with E-state index >= 15 is 0 Å². The largest absolute Gasteiger partial charge is 0.497 e. The molecule has 0 atom stereocenters. The summed E-state index contributed by atoms with van der Waals surface area (Å²) in [4.78, 5) is 0. The first kappa shape index (κ1) is 11.8. The average molecular weight is 273 g/mol. The predicted octanol–water partition coefficient (Wildman–Crippen LogP) is 4.62. The molecule has 100 valence electrons. The third-order valence-corrected chi connectivity index (χ3v) is 3.80. The van der Waals surface area contributed by atoms with Crippen LogP contribution in [-0.4, -0.2) is 7.11 Å². The van der Waals surface area contributed by atoms with Crippen LogP contribution in [0, 0.1) is 11.3 Å². The first-order valence-corrected chi connectivity index (χ1v) is 6.64. The van der Waals surface area contributed by atoms with Gasteiger partial charge >= 0.3 is 0 Å². The van der Waals surface area contributed by atoms with Crippen molar-refractivity contribution in [2.24, 2.45) is 0 Å². The van der Waals surface area contributed by atoms with Gasteiger partial charge in [0.05, 0.1) is 18.7 Å². The van der Waals surface area contributed by atoms with Crippen molar-refractivity contribution in [2.45, 2.75) is 0 Å². The second-order valence-electron chi connectivity index (χ2n) is 4.92. The molecule has 0 unspecified atom stereocenters. The molecule has 0 saturated heterocycles. The van der Waals surface area contributed by atoms with Crippen LogP contribution in [0.2, 0.25) is 0 Å². The van der Waals surface area contributed by atoms with Crippen LogP contribution in [0.1, 0.15) is 5.56 Å². The topological polar surface area (TPSA) is 46.2 Å². The van der Waals surface area contributed by atoms with E-state index in [1.807, 2.05) is 42.5 Å². The highest BCUT2D eigenvalue weighted by Crippen LogP contribution is 2.37. The maximum atomic E-state index is 9.40. The van der Waals surface area contributed by atoms with Gasteiger partial charge in [0, 0.05) is 16.2 Å². The number of benzene rings is 3. The number of ether oxygens (including phenoxy) is 1. The molecule has 0 spiro atoms. The molecule has 0 bridgehead atoms. The molecule has 21 heavy (non-hydrogen) atoms. The molecule has 0 aliphatic rings. The molecule has 3 heteroatoms. The van der Waals surface area contributed by atoms with E-state index < -0.39 is 0 Å². The van der Waals surface area contributed by atoms with Gasteiger partial charge in [-0.05, 0) is 35.7 Å². The van der Waals surface area contributed by atoms with Crippen molar-refractivity contribution in [1.82, 2.24) is 0 Å². The zero-order valence-corrected chi connectivity index (χ0v) is 11.4. The fraction of sp³-hybridized carbons (Fsp3) is 0.0556. The van der Waals surface area contributed by atoms with Gasteiger partial charge in [-0.3, -0.25) is 0 Å². The summed E-state index contributed by atoms with van der Waals surface area (Å²) in [7, 11) is 1.62. The summed E-state index contributed by atoms with van der Waals surface area (Å²) >= 11 is 0. The molecule has 0 aliphatic heterocycles. The second kappa shape index (κ2) is 4.26. The van der Waals surface area contributed by atoms with E-state index in [1.165, 1.54) is 0 Å². The molecule has 0 saturated carbocycles. The van der Waals surface area contributed by atoms with Crippen molar-refractivity contribution in [3.8, 4) is 11.8 Å². The number of rotatable bonds is 1. The average Bonchev–Trinajstić information content (AvgIpc) is 2.91. The van der Waals surface area contributed by atoms with Crippen LogP contribution in [0.5, 0.6) is 5.75 Å². The second-order valence-corrected chi connectivity index (χ2v) is 4.92. The summed E-state index contributed by atoms with van der Waals surface area (Å²) < 4.78 is 11.1. The van der Waals surface area contributed by atoms with Crippen molar-refractivity contribution in [3.05, 3.63) is 54.1 Å². The molecule has 4 rings (SSSR count). The minimum Gasteiger partial charge on any atom is -0.497 e. The van der Waals surface area contributed by atoms with Crippen molar-refractivity contribution >= 4 is 32.7 Å².